The van der Waals surface area contributed by atoms with E-state index < -0.39 is 0 Å². The standard InChI is InChI=1S/C26H50O/c1-3-5-7-8-9-11-23-14-18-25(19-15-23)26(20-21-27)24-16-12-22(13-17-24)10-6-4-2/h22-27H,3-21H2,1-2H3. The zero-order valence-corrected chi connectivity index (χ0v) is 18.8. The van der Waals surface area contributed by atoms with Gasteiger partial charge in [-0.05, 0) is 61.7 Å². The molecule has 2 aliphatic rings. The van der Waals surface area contributed by atoms with Crippen molar-refractivity contribution in [2.24, 2.45) is 29.6 Å². The molecule has 1 atom stereocenters. The van der Waals surface area contributed by atoms with E-state index in [0.717, 1.165) is 36.0 Å². The molecule has 0 aromatic heterocycles. The van der Waals surface area contributed by atoms with Crippen LogP contribution in [0.4, 0.5) is 0 Å². The monoisotopic (exact) mass is 378 g/mol. The molecular weight excluding hydrogens is 328 g/mol. The molecule has 27 heavy (non-hydrogen) atoms. The molecule has 0 aromatic carbocycles. The van der Waals surface area contributed by atoms with Crippen molar-refractivity contribution in [1.29, 1.82) is 0 Å². The molecule has 0 spiro atoms. The van der Waals surface area contributed by atoms with Gasteiger partial charge in [0, 0.05) is 6.61 Å². The molecule has 1 N–H and O–H groups in total. The van der Waals surface area contributed by atoms with Crippen LogP contribution >= 0.6 is 0 Å². The molecule has 0 aliphatic heterocycles. The van der Waals surface area contributed by atoms with Gasteiger partial charge in [0.1, 0.15) is 0 Å². The zero-order chi connectivity index (χ0) is 19.3. The molecular formula is C26H50O. The van der Waals surface area contributed by atoms with Gasteiger partial charge in [-0.25, -0.2) is 0 Å². The van der Waals surface area contributed by atoms with E-state index >= 15 is 0 Å². The fourth-order valence-corrected chi connectivity index (χ4v) is 6.34. The molecule has 1 heteroatoms. The summed E-state index contributed by atoms with van der Waals surface area (Å²) in [6.45, 7) is 5.05. The third kappa shape index (κ3) is 8.46. The van der Waals surface area contributed by atoms with Gasteiger partial charge < -0.3 is 5.11 Å². The molecule has 0 radical (unpaired) electrons. The third-order valence-corrected chi connectivity index (χ3v) is 8.14. The van der Waals surface area contributed by atoms with Crippen molar-refractivity contribution >= 4 is 0 Å². The van der Waals surface area contributed by atoms with E-state index in [4.69, 9.17) is 0 Å². The summed E-state index contributed by atoms with van der Waals surface area (Å²) in [5.41, 5.74) is 0. The first-order chi connectivity index (χ1) is 13.3. The second kappa shape index (κ2) is 14.0. The van der Waals surface area contributed by atoms with E-state index in [0.29, 0.717) is 6.61 Å². The van der Waals surface area contributed by atoms with Crippen LogP contribution < -0.4 is 0 Å². The van der Waals surface area contributed by atoms with Crippen molar-refractivity contribution < 1.29 is 5.11 Å². The molecule has 1 unspecified atom stereocenters. The second-order valence-corrected chi connectivity index (χ2v) is 10.1. The second-order valence-electron chi connectivity index (χ2n) is 10.1. The summed E-state index contributed by atoms with van der Waals surface area (Å²) in [6.07, 6.45) is 25.7. The Bertz CT molecular complexity index is 336. The lowest BCUT2D eigenvalue weighted by atomic mass is 9.65. The largest absolute Gasteiger partial charge is 0.396 e. The normalized spacial score (nSPS) is 30.3. The first-order valence-electron chi connectivity index (χ1n) is 12.9. The van der Waals surface area contributed by atoms with Crippen LogP contribution in [0.5, 0.6) is 0 Å². The van der Waals surface area contributed by atoms with Crippen LogP contribution in [0.15, 0.2) is 0 Å². The van der Waals surface area contributed by atoms with Crippen LogP contribution in [0.25, 0.3) is 0 Å². The smallest absolute Gasteiger partial charge is 0.0433 e. The Hall–Kier alpha value is -0.0400. The summed E-state index contributed by atoms with van der Waals surface area (Å²) in [4.78, 5) is 0. The highest BCUT2D eigenvalue weighted by Gasteiger charge is 2.34. The maximum atomic E-state index is 9.71. The summed E-state index contributed by atoms with van der Waals surface area (Å²) in [6, 6.07) is 0. The van der Waals surface area contributed by atoms with E-state index in [1.165, 1.54) is 109 Å². The Kier molecular flexibility index (Phi) is 12.1. The van der Waals surface area contributed by atoms with Crippen molar-refractivity contribution in [2.75, 3.05) is 6.61 Å². The molecule has 2 aliphatic carbocycles. The van der Waals surface area contributed by atoms with Crippen LogP contribution in [-0.2, 0) is 0 Å². The van der Waals surface area contributed by atoms with Gasteiger partial charge in [-0.2, -0.15) is 0 Å². The Balaban J connectivity index is 1.69. The maximum Gasteiger partial charge on any atom is 0.0433 e. The maximum absolute atomic E-state index is 9.71. The average Bonchev–Trinajstić information content (AvgIpc) is 2.71. The van der Waals surface area contributed by atoms with Gasteiger partial charge in [0.2, 0.25) is 0 Å². The van der Waals surface area contributed by atoms with Crippen LogP contribution in [-0.4, -0.2) is 11.7 Å². The molecule has 2 rings (SSSR count). The van der Waals surface area contributed by atoms with Gasteiger partial charge in [-0.1, -0.05) is 97.3 Å². The number of rotatable bonds is 13. The lowest BCUT2D eigenvalue weighted by Crippen LogP contribution is -2.31. The number of aliphatic hydroxyl groups is 1. The number of hydrogen-bond acceptors (Lipinski definition) is 1. The highest BCUT2D eigenvalue weighted by Crippen LogP contribution is 2.45. The molecule has 160 valence electrons. The minimum absolute atomic E-state index is 0.414. The van der Waals surface area contributed by atoms with Crippen molar-refractivity contribution in [3.63, 3.8) is 0 Å². The molecule has 0 heterocycles. The third-order valence-electron chi connectivity index (χ3n) is 8.14. The van der Waals surface area contributed by atoms with Crippen molar-refractivity contribution in [3.05, 3.63) is 0 Å². The summed E-state index contributed by atoms with van der Waals surface area (Å²) in [5, 5.41) is 9.71. The van der Waals surface area contributed by atoms with E-state index in [1.54, 1.807) is 0 Å². The molecule has 0 aromatic rings. The van der Waals surface area contributed by atoms with E-state index in [2.05, 4.69) is 13.8 Å². The van der Waals surface area contributed by atoms with Gasteiger partial charge >= 0.3 is 0 Å². The number of hydrogen-bond donors (Lipinski definition) is 1. The zero-order valence-electron chi connectivity index (χ0n) is 18.8. The summed E-state index contributed by atoms with van der Waals surface area (Å²) < 4.78 is 0. The fraction of sp³-hybridized carbons (Fsp3) is 1.00. The van der Waals surface area contributed by atoms with Crippen molar-refractivity contribution in [2.45, 2.75) is 129 Å². The summed E-state index contributed by atoms with van der Waals surface area (Å²) in [5.74, 6) is 4.70. The lowest BCUT2D eigenvalue weighted by molar-refractivity contribution is 0.0854. The minimum atomic E-state index is 0.414. The number of unbranched alkanes of at least 4 members (excludes halogenated alkanes) is 5. The van der Waals surface area contributed by atoms with E-state index in [9.17, 15) is 5.11 Å². The molecule has 0 amide bonds. The molecule has 1 nitrogen and oxygen atoms in total. The van der Waals surface area contributed by atoms with Gasteiger partial charge in [-0.3, -0.25) is 0 Å². The van der Waals surface area contributed by atoms with Gasteiger partial charge in [0.25, 0.3) is 0 Å². The van der Waals surface area contributed by atoms with Crippen molar-refractivity contribution in [1.82, 2.24) is 0 Å². The summed E-state index contributed by atoms with van der Waals surface area (Å²) in [7, 11) is 0. The lowest BCUT2D eigenvalue weighted by Gasteiger charge is -2.41. The van der Waals surface area contributed by atoms with E-state index in [-0.39, 0.29) is 0 Å². The summed E-state index contributed by atoms with van der Waals surface area (Å²) >= 11 is 0. The molecule has 2 fully saturated rings. The first-order valence-corrected chi connectivity index (χ1v) is 12.9. The van der Waals surface area contributed by atoms with Crippen LogP contribution in [0.1, 0.15) is 129 Å². The minimum Gasteiger partial charge on any atom is -0.396 e. The predicted octanol–water partition coefficient (Wildman–Crippen LogP) is 8.15. The quantitative estimate of drug-likeness (QED) is 0.320. The predicted molar refractivity (Wildman–Crippen MR) is 119 cm³/mol. The Labute approximate surface area is 171 Å². The Morgan fingerprint density at radius 2 is 1.11 bits per heavy atom. The Morgan fingerprint density at radius 1 is 0.630 bits per heavy atom. The topological polar surface area (TPSA) is 20.2 Å². The van der Waals surface area contributed by atoms with Crippen LogP contribution in [0, 0.1) is 29.6 Å². The molecule has 0 saturated heterocycles. The van der Waals surface area contributed by atoms with Gasteiger partial charge in [0.05, 0.1) is 0 Å². The molecule has 0 bridgehead atoms. The van der Waals surface area contributed by atoms with Crippen LogP contribution in [0.2, 0.25) is 0 Å². The Morgan fingerprint density at radius 3 is 1.59 bits per heavy atom. The van der Waals surface area contributed by atoms with Crippen LogP contribution in [0.3, 0.4) is 0 Å². The highest BCUT2D eigenvalue weighted by molar-refractivity contribution is 4.85. The average molecular weight is 379 g/mol. The fourth-order valence-electron chi connectivity index (χ4n) is 6.34. The molecule has 2 saturated carbocycles. The van der Waals surface area contributed by atoms with E-state index in [1.807, 2.05) is 0 Å². The SMILES string of the molecule is CCCCCCCC1CCC(C(CCO)C2CCC(CCCC)CC2)CC1. The highest BCUT2D eigenvalue weighted by atomic mass is 16.3. The van der Waals surface area contributed by atoms with Gasteiger partial charge in [0.15, 0.2) is 0 Å². The van der Waals surface area contributed by atoms with Crippen molar-refractivity contribution in [3.8, 4) is 0 Å². The first kappa shape index (κ1) is 23.2. The van der Waals surface area contributed by atoms with Gasteiger partial charge in [-0.15, -0.1) is 0 Å². The number of aliphatic hydroxyl groups excluding tert-OH is 1.